The lowest BCUT2D eigenvalue weighted by molar-refractivity contribution is -0.784. The molecule has 0 saturated carbocycles. The van der Waals surface area contributed by atoms with Gasteiger partial charge in [0.25, 0.3) is 0 Å². The molecule has 1 aliphatic heterocycles. The maximum absolute atomic E-state index is 9.95. The van der Waals surface area contributed by atoms with E-state index in [2.05, 4.69) is 6.58 Å². The van der Waals surface area contributed by atoms with Crippen LogP contribution in [0.15, 0.2) is 43.0 Å². The zero-order valence-electron chi connectivity index (χ0n) is 11.3. The third-order valence-electron chi connectivity index (χ3n) is 2.90. The molecule has 1 saturated heterocycles. The largest absolute Gasteiger partial charge is 0.340 e. The van der Waals surface area contributed by atoms with E-state index in [4.69, 9.17) is 9.47 Å². The lowest BCUT2D eigenvalue weighted by Crippen LogP contribution is -2.27. The molecule has 4 nitrogen and oxygen atoms in total. The van der Waals surface area contributed by atoms with Crippen LogP contribution >= 0.6 is 0 Å². The number of benzene rings is 1. The molecule has 0 aliphatic carbocycles. The van der Waals surface area contributed by atoms with Crippen LogP contribution in [0.4, 0.5) is 0 Å². The average molecular weight is 262 g/mol. The van der Waals surface area contributed by atoms with Gasteiger partial charge in [0.05, 0.1) is 0 Å². The average Bonchev–Trinajstić information content (AvgIpc) is 2.64. The van der Waals surface area contributed by atoms with Gasteiger partial charge in [0, 0.05) is 5.56 Å². The van der Waals surface area contributed by atoms with Crippen LogP contribution in [0.1, 0.15) is 19.4 Å². The molecule has 0 amide bonds. The number of nitrogens with zero attached hydrogens (tertiary/aromatic N) is 1. The van der Waals surface area contributed by atoms with Crippen molar-refractivity contribution in [2.75, 3.05) is 0 Å². The van der Waals surface area contributed by atoms with E-state index in [0.29, 0.717) is 6.54 Å². The number of hydrogen-bond donors (Lipinski definition) is 1. The molecule has 1 heterocycles. The summed E-state index contributed by atoms with van der Waals surface area (Å²) in [6.45, 7) is 7.82. The molecule has 1 aromatic rings. The summed E-state index contributed by atoms with van der Waals surface area (Å²) in [5.41, 5.74) is 1.02. The molecule has 0 radical (unpaired) electrons. The highest BCUT2D eigenvalue weighted by Gasteiger charge is 2.41. The highest BCUT2D eigenvalue weighted by molar-refractivity contribution is 5.59. The van der Waals surface area contributed by atoms with Crippen molar-refractivity contribution in [2.24, 2.45) is 0 Å². The molecule has 0 aromatic heterocycles. The first kappa shape index (κ1) is 13.8. The van der Waals surface area contributed by atoms with Gasteiger partial charge in [-0.25, -0.2) is 0 Å². The summed E-state index contributed by atoms with van der Waals surface area (Å²) in [4.78, 5) is 0. The number of hydroxylamine groups is 1. The normalized spacial score (nSPS) is 26.3. The third-order valence-corrected chi connectivity index (χ3v) is 2.90. The Balaban J connectivity index is 2.06. The second kappa shape index (κ2) is 5.55. The van der Waals surface area contributed by atoms with Gasteiger partial charge in [-0.3, -0.25) is 5.21 Å². The van der Waals surface area contributed by atoms with Crippen molar-refractivity contribution in [1.29, 1.82) is 0 Å². The first-order valence-corrected chi connectivity index (χ1v) is 6.33. The smallest absolute Gasteiger partial charge is 0.224 e. The Bertz CT molecular complexity index is 468. The van der Waals surface area contributed by atoms with Gasteiger partial charge in [0.15, 0.2) is 11.9 Å². The number of ether oxygens (including phenoxy) is 2. The lowest BCUT2D eigenvalue weighted by atomic mass is 10.2. The van der Waals surface area contributed by atoms with Crippen LogP contribution in [0.2, 0.25) is 0 Å². The zero-order chi connectivity index (χ0) is 13.9. The van der Waals surface area contributed by atoms with Gasteiger partial charge in [0.1, 0.15) is 6.10 Å². The molecule has 1 fully saturated rings. The summed E-state index contributed by atoms with van der Waals surface area (Å²) >= 11 is 0. The minimum Gasteiger partial charge on any atom is -0.340 e. The van der Waals surface area contributed by atoms with Crippen LogP contribution in [0, 0.1) is 0 Å². The minimum atomic E-state index is -0.659. The summed E-state index contributed by atoms with van der Waals surface area (Å²) in [6, 6.07) is 9.73. The Morgan fingerprint density at radius 2 is 1.89 bits per heavy atom. The summed E-state index contributed by atoms with van der Waals surface area (Å²) in [7, 11) is 0. The quantitative estimate of drug-likeness (QED) is 0.298. The van der Waals surface area contributed by atoms with Crippen molar-refractivity contribution in [3.8, 4) is 0 Å². The van der Waals surface area contributed by atoms with Crippen LogP contribution in [0.25, 0.3) is 0 Å². The molecule has 1 aliphatic rings. The fraction of sp³-hybridized carbons (Fsp3) is 0.400. The van der Waals surface area contributed by atoms with Crippen molar-refractivity contribution >= 4 is 6.21 Å². The molecule has 1 aromatic carbocycles. The predicted molar refractivity (Wildman–Crippen MR) is 72.3 cm³/mol. The van der Waals surface area contributed by atoms with Gasteiger partial charge in [-0.1, -0.05) is 36.4 Å². The summed E-state index contributed by atoms with van der Waals surface area (Å²) < 4.78 is 12.5. The van der Waals surface area contributed by atoms with E-state index in [9.17, 15) is 5.21 Å². The van der Waals surface area contributed by atoms with Crippen molar-refractivity contribution in [3.05, 3.63) is 48.6 Å². The highest BCUT2D eigenvalue weighted by Crippen LogP contribution is 2.27. The van der Waals surface area contributed by atoms with Gasteiger partial charge in [-0.05, 0) is 18.6 Å². The van der Waals surface area contributed by atoms with Crippen LogP contribution in [0.3, 0.4) is 0 Å². The maximum Gasteiger partial charge on any atom is 0.224 e. The molecule has 2 rings (SSSR count). The Labute approximate surface area is 113 Å². The van der Waals surface area contributed by atoms with E-state index in [1.807, 2.05) is 44.2 Å². The van der Waals surface area contributed by atoms with Crippen LogP contribution in [-0.4, -0.2) is 34.2 Å². The van der Waals surface area contributed by atoms with E-state index >= 15 is 0 Å². The second-order valence-electron chi connectivity index (χ2n) is 5.03. The lowest BCUT2D eigenvalue weighted by Gasteiger charge is -2.15. The summed E-state index contributed by atoms with van der Waals surface area (Å²) in [5.74, 6) is -0.659. The van der Waals surface area contributed by atoms with Gasteiger partial charge in [0.2, 0.25) is 12.8 Å². The van der Waals surface area contributed by atoms with Gasteiger partial charge >= 0.3 is 0 Å². The van der Waals surface area contributed by atoms with Crippen molar-refractivity contribution < 1.29 is 19.4 Å². The van der Waals surface area contributed by atoms with Crippen molar-refractivity contribution in [2.45, 2.75) is 38.4 Å². The maximum atomic E-state index is 9.95. The minimum absolute atomic E-state index is 0.250. The fourth-order valence-electron chi connectivity index (χ4n) is 2.11. The summed E-state index contributed by atoms with van der Waals surface area (Å²) in [5, 5.41) is 9.95. The van der Waals surface area contributed by atoms with E-state index in [-0.39, 0.29) is 12.2 Å². The predicted octanol–water partition coefficient (Wildman–Crippen LogP) is 2.37. The Morgan fingerprint density at radius 3 is 2.53 bits per heavy atom. The van der Waals surface area contributed by atoms with E-state index in [0.717, 1.165) is 10.3 Å². The SMILES string of the molecule is C=C[C@H]1OC(C)(C)O[C@H]1/C=[N+](\O)Cc1ccccc1. The van der Waals surface area contributed by atoms with Crippen LogP contribution < -0.4 is 0 Å². The Kier molecular flexibility index (Phi) is 4.02. The molecular weight excluding hydrogens is 242 g/mol. The fourth-order valence-corrected chi connectivity index (χ4v) is 2.11. The molecule has 1 N–H and O–H groups in total. The zero-order valence-corrected chi connectivity index (χ0v) is 11.3. The topological polar surface area (TPSA) is 41.7 Å². The molecule has 0 unspecified atom stereocenters. The molecular formula is C15H20NO3+. The standard InChI is InChI=1S/C15H20NO3/c1-4-13-14(19-15(2,3)18-13)11-16(17)10-12-8-6-5-7-9-12/h4-9,11,13-14,17H,1,10H2,2-3H3/q+1/b16-11-/t13-,14+/m1/s1. The van der Waals surface area contributed by atoms with Crippen LogP contribution in [-0.2, 0) is 16.0 Å². The molecule has 102 valence electrons. The van der Waals surface area contributed by atoms with Crippen molar-refractivity contribution in [1.82, 2.24) is 0 Å². The van der Waals surface area contributed by atoms with E-state index in [1.54, 1.807) is 12.3 Å². The first-order chi connectivity index (χ1) is 9.00. The monoisotopic (exact) mass is 262 g/mol. The van der Waals surface area contributed by atoms with Gasteiger partial charge in [-0.2, -0.15) is 0 Å². The van der Waals surface area contributed by atoms with E-state index in [1.165, 1.54) is 0 Å². The van der Waals surface area contributed by atoms with Gasteiger partial charge in [-0.15, -0.1) is 6.58 Å². The Morgan fingerprint density at radius 1 is 1.26 bits per heavy atom. The molecule has 4 heteroatoms. The van der Waals surface area contributed by atoms with E-state index < -0.39 is 5.79 Å². The van der Waals surface area contributed by atoms with Crippen molar-refractivity contribution in [3.63, 3.8) is 0 Å². The summed E-state index contributed by atoms with van der Waals surface area (Å²) in [6.07, 6.45) is 2.72. The molecule has 2 atom stereocenters. The number of hydrogen-bond acceptors (Lipinski definition) is 3. The molecule has 0 spiro atoms. The highest BCUT2D eigenvalue weighted by atomic mass is 16.7. The Hall–Kier alpha value is -1.65. The second-order valence-corrected chi connectivity index (χ2v) is 5.03. The number of rotatable bonds is 4. The molecule has 0 bridgehead atoms. The molecule has 19 heavy (non-hydrogen) atoms. The van der Waals surface area contributed by atoms with Crippen LogP contribution in [0.5, 0.6) is 0 Å². The third kappa shape index (κ3) is 3.66. The first-order valence-electron chi connectivity index (χ1n) is 6.33. The van der Waals surface area contributed by atoms with Gasteiger partial charge < -0.3 is 9.47 Å².